The number of halogens is 2. The molecule has 16 nitrogen and oxygen atoms in total. The maximum Gasteiger partial charge on any atom is 0.222 e. The fourth-order valence-corrected chi connectivity index (χ4v) is 9.90. The predicted octanol–water partition coefficient (Wildman–Crippen LogP) is 7.30. The highest BCUT2D eigenvalue weighted by Crippen LogP contribution is 2.36. The van der Waals surface area contributed by atoms with E-state index in [0.717, 1.165) is 66.3 Å². The Balaban J connectivity index is 0.000000166. The van der Waals surface area contributed by atoms with Crippen LogP contribution in [0, 0.1) is 11.9 Å². The normalized spacial score (nSPS) is 18.0. The van der Waals surface area contributed by atoms with Gasteiger partial charge in [-0.3, -0.25) is 9.59 Å². The van der Waals surface area contributed by atoms with Crippen molar-refractivity contribution < 1.29 is 27.8 Å². The Morgan fingerprint density at radius 1 is 0.636 bits per heavy atom. The second kappa shape index (κ2) is 20.5. The van der Waals surface area contributed by atoms with E-state index >= 15 is 0 Å². The van der Waals surface area contributed by atoms with Gasteiger partial charge in [-0.05, 0) is 39.5 Å². The van der Waals surface area contributed by atoms with Gasteiger partial charge in [0.2, 0.25) is 29.6 Å². The van der Waals surface area contributed by atoms with E-state index in [2.05, 4.69) is 41.7 Å². The number of carbonyl (C=O) groups excluding carboxylic acids is 2. The van der Waals surface area contributed by atoms with Crippen LogP contribution in [0.25, 0.3) is 23.0 Å². The molecular formula is C46H50F2N12O4S2. The van der Waals surface area contributed by atoms with Crippen LogP contribution in [0.1, 0.15) is 87.0 Å². The number of hydrogen-bond acceptors (Lipinski definition) is 16. The summed E-state index contributed by atoms with van der Waals surface area (Å²) in [7, 11) is 0. The minimum absolute atomic E-state index is 0.0194. The van der Waals surface area contributed by atoms with Gasteiger partial charge < -0.3 is 29.1 Å². The highest BCUT2D eigenvalue weighted by atomic mass is 32.1. The van der Waals surface area contributed by atoms with E-state index in [4.69, 9.17) is 19.4 Å². The maximum absolute atomic E-state index is 14.3. The molecule has 20 heteroatoms. The molecule has 0 N–H and O–H groups in total. The molecule has 66 heavy (non-hydrogen) atoms. The topological polar surface area (TPSA) is 169 Å². The molecule has 6 aromatic rings. The van der Waals surface area contributed by atoms with Crippen LogP contribution in [0.2, 0.25) is 0 Å². The number of pyridine rings is 2. The first-order valence-electron chi connectivity index (χ1n) is 22.3. The van der Waals surface area contributed by atoms with Crippen molar-refractivity contribution in [3.05, 3.63) is 92.9 Å². The second-order valence-corrected chi connectivity index (χ2v) is 18.0. The monoisotopic (exact) mass is 936 g/mol. The number of rotatable bonds is 14. The Hall–Kier alpha value is -6.28. The summed E-state index contributed by atoms with van der Waals surface area (Å²) >= 11 is 3.03. The Morgan fingerprint density at radius 3 is 1.76 bits per heavy atom. The van der Waals surface area contributed by atoms with Crippen LogP contribution < -0.4 is 19.3 Å². The van der Waals surface area contributed by atoms with E-state index in [1.54, 1.807) is 23.2 Å². The molecule has 0 saturated carbocycles. The van der Waals surface area contributed by atoms with Crippen molar-refractivity contribution in [1.82, 2.24) is 49.7 Å². The number of thiazole rings is 2. The van der Waals surface area contributed by atoms with Crippen LogP contribution in [0.5, 0.6) is 11.6 Å². The summed E-state index contributed by atoms with van der Waals surface area (Å²) in [5, 5.41) is 3.87. The van der Waals surface area contributed by atoms with E-state index in [0.29, 0.717) is 100 Å². The molecular weight excluding hydrogens is 887 g/mol. The molecule has 2 atom stereocenters. The summed E-state index contributed by atoms with van der Waals surface area (Å²) in [5.74, 6) is 1.74. The van der Waals surface area contributed by atoms with Gasteiger partial charge in [-0.1, -0.05) is 0 Å². The lowest BCUT2D eigenvalue weighted by molar-refractivity contribution is -0.128. The molecule has 2 saturated heterocycles. The standard InChI is InChI=1S/2C23H25FN6O2S/c1-15-17-12-25-23(19-13-33-14-26-19)27-18(17)5-8-30(15)21-11-16(10-20(24)28-21)32-9-3-7-29-6-2-4-22(29)31;1-15-17-12-25-23(19-13-33-14-26-19)27-18(17)5-8-30(15)16-10-20(24)28-21(11-16)32-9-3-7-29-6-2-4-22(29)31/h2*10-15H,2-9H2,1H3. The SMILES string of the molecule is CC1c2cnc(-c3cscn3)nc2CCN1c1cc(F)nc(OCCCN2CCCC2=O)c1.CC1c2cnc(-c3cscn3)nc2CCN1c1cc(OCCCN2CCCC2=O)cc(F)n1. The zero-order valence-corrected chi connectivity index (χ0v) is 38.4. The van der Waals surface area contributed by atoms with Gasteiger partial charge in [-0.15, -0.1) is 22.7 Å². The van der Waals surface area contributed by atoms with Crippen LogP contribution in [0.3, 0.4) is 0 Å². The van der Waals surface area contributed by atoms with Gasteiger partial charge in [0.25, 0.3) is 0 Å². The largest absolute Gasteiger partial charge is 0.493 e. The number of carbonyl (C=O) groups is 2. The van der Waals surface area contributed by atoms with E-state index in [1.165, 1.54) is 34.8 Å². The summed E-state index contributed by atoms with van der Waals surface area (Å²) in [6.45, 7) is 9.21. The average molecular weight is 937 g/mol. The fourth-order valence-electron chi connectivity index (χ4n) is 8.83. The van der Waals surface area contributed by atoms with Crippen LogP contribution in [-0.4, -0.2) is 114 Å². The van der Waals surface area contributed by atoms with Crippen LogP contribution in [-0.2, 0) is 22.4 Å². The first-order valence-corrected chi connectivity index (χ1v) is 24.2. The summed E-state index contributed by atoms with van der Waals surface area (Å²) < 4.78 is 40.2. The van der Waals surface area contributed by atoms with Crippen LogP contribution in [0.4, 0.5) is 20.3 Å². The molecule has 344 valence electrons. The molecule has 0 bridgehead atoms. The number of aromatic nitrogens is 8. The lowest BCUT2D eigenvalue weighted by atomic mass is 9.99. The maximum atomic E-state index is 14.3. The molecule has 2 unspecified atom stereocenters. The zero-order chi connectivity index (χ0) is 45.6. The fraction of sp³-hybridized carbons (Fsp3) is 0.435. The number of fused-ring (bicyclic) bond motifs is 2. The van der Waals surface area contributed by atoms with Crippen molar-refractivity contribution in [2.45, 2.75) is 77.3 Å². The van der Waals surface area contributed by atoms with E-state index in [1.807, 2.05) is 44.8 Å². The molecule has 0 aromatic carbocycles. The van der Waals surface area contributed by atoms with Crippen molar-refractivity contribution in [3.8, 4) is 34.7 Å². The average Bonchev–Trinajstić information content (AvgIpc) is 4.18. The van der Waals surface area contributed by atoms with Crippen molar-refractivity contribution >= 4 is 46.0 Å². The molecule has 0 spiro atoms. The van der Waals surface area contributed by atoms with Gasteiger partial charge in [-0.25, -0.2) is 34.9 Å². The highest BCUT2D eigenvalue weighted by molar-refractivity contribution is 7.08. The Labute approximate surface area is 389 Å². The predicted molar refractivity (Wildman–Crippen MR) is 245 cm³/mol. The summed E-state index contributed by atoms with van der Waals surface area (Å²) in [6, 6.07) is 6.21. The van der Waals surface area contributed by atoms with Crippen LogP contribution in [0.15, 0.2) is 58.4 Å². The molecule has 0 aliphatic carbocycles. The zero-order valence-electron chi connectivity index (χ0n) is 36.8. The first kappa shape index (κ1) is 44.9. The number of likely N-dealkylation sites (tertiary alicyclic amines) is 2. The van der Waals surface area contributed by atoms with Crippen molar-refractivity contribution in [1.29, 1.82) is 0 Å². The minimum Gasteiger partial charge on any atom is -0.493 e. The Morgan fingerprint density at radius 2 is 1.20 bits per heavy atom. The van der Waals surface area contributed by atoms with Gasteiger partial charge in [0.15, 0.2) is 11.6 Å². The number of anilines is 2. The van der Waals surface area contributed by atoms with Gasteiger partial charge in [0.1, 0.15) is 23.0 Å². The quantitative estimate of drug-likeness (QED) is 0.0788. The Bertz CT molecular complexity index is 2460. The summed E-state index contributed by atoms with van der Waals surface area (Å²) in [4.78, 5) is 66.3. The summed E-state index contributed by atoms with van der Waals surface area (Å²) in [5.41, 5.74) is 9.83. The van der Waals surface area contributed by atoms with Crippen LogP contribution >= 0.6 is 22.7 Å². The molecule has 10 rings (SSSR count). The molecule has 6 aromatic heterocycles. The lowest BCUT2D eigenvalue weighted by Gasteiger charge is -2.36. The van der Waals surface area contributed by atoms with Crippen molar-refractivity contribution in [3.63, 3.8) is 0 Å². The van der Waals surface area contributed by atoms with E-state index in [9.17, 15) is 18.4 Å². The molecule has 2 amide bonds. The van der Waals surface area contributed by atoms with Gasteiger partial charge >= 0.3 is 0 Å². The number of amides is 2. The minimum atomic E-state index is -0.578. The first-order chi connectivity index (χ1) is 32.2. The van der Waals surface area contributed by atoms with Gasteiger partial charge in [-0.2, -0.15) is 13.8 Å². The van der Waals surface area contributed by atoms with E-state index < -0.39 is 11.9 Å². The number of hydrogen-bond donors (Lipinski definition) is 0. The van der Waals surface area contributed by atoms with Gasteiger partial charge in [0, 0.05) is 129 Å². The molecule has 4 aliphatic heterocycles. The number of ether oxygens (including phenoxy) is 2. The smallest absolute Gasteiger partial charge is 0.222 e. The molecule has 0 radical (unpaired) electrons. The molecule has 4 aliphatic rings. The molecule has 2 fully saturated rings. The third-order valence-corrected chi connectivity index (χ3v) is 13.5. The van der Waals surface area contributed by atoms with Gasteiger partial charge in [0.05, 0.1) is 47.7 Å². The Kier molecular flexibility index (Phi) is 13.9. The summed E-state index contributed by atoms with van der Waals surface area (Å²) in [6.07, 6.45) is 9.62. The van der Waals surface area contributed by atoms with Crippen molar-refractivity contribution in [2.75, 3.05) is 62.3 Å². The third kappa shape index (κ3) is 10.4. The lowest BCUT2D eigenvalue weighted by Crippen LogP contribution is -2.35. The third-order valence-electron chi connectivity index (χ3n) is 12.3. The molecule has 10 heterocycles. The second-order valence-electron chi connectivity index (χ2n) is 16.5. The van der Waals surface area contributed by atoms with E-state index in [-0.39, 0.29) is 29.8 Å². The van der Waals surface area contributed by atoms with Crippen molar-refractivity contribution in [2.24, 2.45) is 0 Å². The highest BCUT2D eigenvalue weighted by Gasteiger charge is 2.30. The number of nitrogens with zero attached hydrogens (tertiary/aromatic N) is 12.